The number of urea groups is 1. The number of anilines is 1. The summed E-state index contributed by atoms with van der Waals surface area (Å²) in [5, 5.41) is 3.78. The van der Waals surface area contributed by atoms with Gasteiger partial charge in [0.05, 0.1) is 11.9 Å². The van der Waals surface area contributed by atoms with Crippen LogP contribution < -0.4 is 10.9 Å². The van der Waals surface area contributed by atoms with Crippen LogP contribution in [-0.4, -0.2) is 52.0 Å². The highest BCUT2D eigenvalue weighted by atomic mass is 32.1. The fourth-order valence-corrected chi connectivity index (χ4v) is 5.81. The van der Waals surface area contributed by atoms with Gasteiger partial charge in [-0.3, -0.25) is 9.69 Å². The Labute approximate surface area is 185 Å². The van der Waals surface area contributed by atoms with Gasteiger partial charge >= 0.3 is 6.03 Å². The van der Waals surface area contributed by atoms with E-state index < -0.39 is 0 Å². The molecule has 0 saturated carbocycles. The number of thiophene rings is 1. The van der Waals surface area contributed by atoms with Crippen LogP contribution >= 0.6 is 11.3 Å². The van der Waals surface area contributed by atoms with Gasteiger partial charge in [0.15, 0.2) is 0 Å². The molecule has 2 aromatic heterocycles. The number of hydrogen-bond donors (Lipinski definition) is 2. The molecule has 0 radical (unpaired) electrons. The van der Waals surface area contributed by atoms with Crippen molar-refractivity contribution in [3.05, 3.63) is 56.4 Å². The minimum atomic E-state index is -0.0673. The summed E-state index contributed by atoms with van der Waals surface area (Å²) < 4.78 is 0. The van der Waals surface area contributed by atoms with Crippen molar-refractivity contribution in [3.8, 4) is 0 Å². The zero-order valence-electron chi connectivity index (χ0n) is 17.7. The molecule has 0 bridgehead atoms. The summed E-state index contributed by atoms with van der Waals surface area (Å²) in [6.45, 7) is 5.42. The molecule has 1 aliphatic heterocycles. The number of nitrogens with one attached hydrogen (secondary N) is 2. The third kappa shape index (κ3) is 4.22. The summed E-state index contributed by atoms with van der Waals surface area (Å²) in [5.74, 6) is 0.716. The molecule has 2 aliphatic rings. The van der Waals surface area contributed by atoms with Gasteiger partial charge < -0.3 is 15.2 Å². The Morgan fingerprint density at radius 3 is 2.81 bits per heavy atom. The molecule has 2 N–H and O–H groups in total. The number of aromatic amines is 1. The van der Waals surface area contributed by atoms with Crippen LogP contribution in [0, 0.1) is 6.92 Å². The van der Waals surface area contributed by atoms with Gasteiger partial charge in [0.25, 0.3) is 5.56 Å². The van der Waals surface area contributed by atoms with Gasteiger partial charge in [0.2, 0.25) is 0 Å². The lowest BCUT2D eigenvalue weighted by molar-refractivity contribution is 0.141. The van der Waals surface area contributed by atoms with Crippen molar-refractivity contribution < 1.29 is 4.79 Å². The van der Waals surface area contributed by atoms with E-state index in [1.165, 1.54) is 16.9 Å². The SMILES string of the molecule is Cc1cccc(NC(=O)N2CCN(Cc3nc4sc5c(c4c(=O)[nH]3)CCCC5)CC2)c1. The van der Waals surface area contributed by atoms with Crippen molar-refractivity contribution in [2.45, 2.75) is 39.2 Å². The maximum Gasteiger partial charge on any atom is 0.321 e. The summed E-state index contributed by atoms with van der Waals surface area (Å²) in [6, 6.07) is 7.76. The molecule has 0 unspecified atom stereocenters. The van der Waals surface area contributed by atoms with Crippen LogP contribution in [0.25, 0.3) is 10.2 Å². The minimum absolute atomic E-state index is 0.00410. The monoisotopic (exact) mass is 437 g/mol. The highest BCUT2D eigenvalue weighted by Crippen LogP contribution is 2.33. The molecule has 1 aromatic carbocycles. The lowest BCUT2D eigenvalue weighted by atomic mass is 9.97. The Balaban J connectivity index is 1.22. The molecule has 3 aromatic rings. The smallest absolute Gasteiger partial charge is 0.321 e. The largest absolute Gasteiger partial charge is 0.322 e. The second-order valence-electron chi connectivity index (χ2n) is 8.47. The molecule has 162 valence electrons. The number of hydrogen-bond acceptors (Lipinski definition) is 5. The van der Waals surface area contributed by atoms with E-state index in [9.17, 15) is 9.59 Å². The van der Waals surface area contributed by atoms with E-state index in [-0.39, 0.29) is 11.6 Å². The van der Waals surface area contributed by atoms with Gasteiger partial charge in [0, 0.05) is 36.7 Å². The van der Waals surface area contributed by atoms with E-state index >= 15 is 0 Å². The number of benzene rings is 1. The number of fused-ring (bicyclic) bond motifs is 3. The Bertz CT molecular complexity index is 1180. The van der Waals surface area contributed by atoms with Gasteiger partial charge in [-0.25, -0.2) is 9.78 Å². The maximum atomic E-state index is 12.7. The highest BCUT2D eigenvalue weighted by molar-refractivity contribution is 7.18. The number of aromatic nitrogens is 2. The van der Waals surface area contributed by atoms with Crippen LogP contribution in [0.1, 0.15) is 34.7 Å². The molecule has 8 heteroatoms. The van der Waals surface area contributed by atoms with Gasteiger partial charge in [-0.2, -0.15) is 0 Å². The standard InChI is InChI=1S/C23H27N5O2S/c1-15-5-4-6-16(13-15)24-23(30)28-11-9-27(10-12-28)14-19-25-21(29)20-17-7-2-3-8-18(17)31-22(20)26-19/h4-6,13H,2-3,7-12,14H2,1H3,(H,24,30)(H,25,26,29). The first kappa shape index (κ1) is 20.2. The summed E-state index contributed by atoms with van der Waals surface area (Å²) in [5.41, 5.74) is 3.16. The summed E-state index contributed by atoms with van der Waals surface area (Å²) in [6.07, 6.45) is 4.41. The summed E-state index contributed by atoms with van der Waals surface area (Å²) in [4.78, 5) is 39.4. The number of amides is 2. The van der Waals surface area contributed by atoms with E-state index in [0.717, 1.165) is 53.8 Å². The first-order valence-corrected chi connectivity index (χ1v) is 11.8. The molecule has 1 aliphatic carbocycles. The van der Waals surface area contributed by atoms with Crippen molar-refractivity contribution in [1.82, 2.24) is 19.8 Å². The third-order valence-electron chi connectivity index (χ3n) is 6.18. The average Bonchev–Trinajstić information content (AvgIpc) is 3.13. The van der Waals surface area contributed by atoms with Crippen molar-refractivity contribution in [2.75, 3.05) is 31.5 Å². The first-order valence-electron chi connectivity index (χ1n) is 11.0. The number of rotatable bonds is 3. The molecule has 1 fully saturated rings. The first-order chi connectivity index (χ1) is 15.1. The van der Waals surface area contributed by atoms with Crippen molar-refractivity contribution in [3.63, 3.8) is 0 Å². The van der Waals surface area contributed by atoms with Crippen LogP contribution in [0.5, 0.6) is 0 Å². The normalized spacial score (nSPS) is 17.0. The molecular formula is C23H27N5O2S. The molecule has 0 atom stereocenters. The number of nitrogens with zero attached hydrogens (tertiary/aromatic N) is 3. The molecule has 0 spiro atoms. The molecule has 7 nitrogen and oxygen atoms in total. The topological polar surface area (TPSA) is 81.3 Å². The maximum absolute atomic E-state index is 12.7. The predicted molar refractivity (Wildman–Crippen MR) is 124 cm³/mol. The lowest BCUT2D eigenvalue weighted by Gasteiger charge is -2.34. The second-order valence-corrected chi connectivity index (χ2v) is 9.55. The van der Waals surface area contributed by atoms with E-state index in [1.54, 1.807) is 11.3 Å². The molecular weight excluding hydrogens is 410 g/mol. The Morgan fingerprint density at radius 1 is 1.19 bits per heavy atom. The Morgan fingerprint density at radius 2 is 2.00 bits per heavy atom. The Hall–Kier alpha value is -2.71. The van der Waals surface area contributed by atoms with Crippen LogP contribution in [-0.2, 0) is 19.4 Å². The fourth-order valence-electron chi connectivity index (χ4n) is 4.53. The van der Waals surface area contributed by atoms with Gasteiger partial charge in [-0.15, -0.1) is 11.3 Å². The van der Waals surface area contributed by atoms with E-state index in [4.69, 9.17) is 4.98 Å². The lowest BCUT2D eigenvalue weighted by Crippen LogP contribution is -2.49. The second kappa shape index (κ2) is 8.43. The fraction of sp³-hybridized carbons (Fsp3) is 0.435. The van der Waals surface area contributed by atoms with Gasteiger partial charge in [0.1, 0.15) is 10.7 Å². The highest BCUT2D eigenvalue weighted by Gasteiger charge is 2.23. The van der Waals surface area contributed by atoms with Crippen LogP contribution in [0.15, 0.2) is 29.1 Å². The summed E-state index contributed by atoms with van der Waals surface area (Å²) in [7, 11) is 0. The van der Waals surface area contributed by atoms with Crippen LogP contribution in [0.4, 0.5) is 10.5 Å². The van der Waals surface area contributed by atoms with Gasteiger partial charge in [-0.05, 0) is 55.9 Å². The molecule has 2 amide bonds. The number of H-pyrrole nitrogens is 1. The number of piperazine rings is 1. The number of aryl methyl sites for hydroxylation is 3. The number of carbonyl (C=O) groups is 1. The van der Waals surface area contributed by atoms with Crippen molar-refractivity contribution in [1.29, 1.82) is 0 Å². The average molecular weight is 438 g/mol. The van der Waals surface area contributed by atoms with Gasteiger partial charge in [-0.1, -0.05) is 12.1 Å². The molecule has 1 saturated heterocycles. The zero-order valence-corrected chi connectivity index (χ0v) is 18.6. The molecule has 3 heterocycles. The van der Waals surface area contributed by atoms with Crippen molar-refractivity contribution >= 4 is 33.3 Å². The Kier molecular flexibility index (Phi) is 5.50. The van der Waals surface area contributed by atoms with Crippen LogP contribution in [0.2, 0.25) is 0 Å². The number of carbonyl (C=O) groups excluding carboxylic acids is 1. The zero-order chi connectivity index (χ0) is 21.4. The van der Waals surface area contributed by atoms with E-state index in [2.05, 4.69) is 15.2 Å². The summed E-state index contributed by atoms with van der Waals surface area (Å²) >= 11 is 1.69. The van der Waals surface area contributed by atoms with E-state index in [0.29, 0.717) is 25.5 Å². The predicted octanol–water partition coefficient (Wildman–Crippen LogP) is 3.52. The van der Waals surface area contributed by atoms with Crippen LogP contribution in [0.3, 0.4) is 0 Å². The molecule has 31 heavy (non-hydrogen) atoms. The quantitative estimate of drug-likeness (QED) is 0.657. The third-order valence-corrected chi connectivity index (χ3v) is 7.36. The van der Waals surface area contributed by atoms with E-state index in [1.807, 2.05) is 36.1 Å². The van der Waals surface area contributed by atoms with Crippen molar-refractivity contribution in [2.24, 2.45) is 0 Å². The minimum Gasteiger partial charge on any atom is -0.322 e. The molecule has 5 rings (SSSR count).